The molecule has 4 nitrogen and oxygen atoms in total. The van der Waals surface area contributed by atoms with Crippen LogP contribution in [0.2, 0.25) is 0 Å². The summed E-state index contributed by atoms with van der Waals surface area (Å²) in [6.45, 7) is 1.82. The van der Waals surface area contributed by atoms with Crippen molar-refractivity contribution in [3.8, 4) is 5.75 Å². The van der Waals surface area contributed by atoms with Crippen molar-refractivity contribution in [1.82, 2.24) is 4.98 Å². The molecule has 0 spiro atoms. The molecule has 0 unspecified atom stereocenters. The second-order valence-electron chi connectivity index (χ2n) is 4.00. The fraction of sp³-hybridized carbons (Fsp3) is 0.385. The molecular weight excluding hydrogens is 250 g/mol. The second kappa shape index (κ2) is 5.82. The molecule has 0 aliphatic carbocycles. The number of aromatic nitrogens is 1. The molecule has 0 saturated heterocycles. The number of unbranched alkanes of at least 4 members (excludes halogenated alkanes) is 1. The summed E-state index contributed by atoms with van der Waals surface area (Å²) in [5.41, 5.74) is 0.773. The van der Waals surface area contributed by atoms with Crippen LogP contribution in [0, 0.1) is 0 Å². The molecule has 0 aliphatic rings. The Hall–Kier alpha value is -1.62. The van der Waals surface area contributed by atoms with Crippen molar-refractivity contribution in [2.45, 2.75) is 26.2 Å². The molecule has 2 aromatic rings. The zero-order valence-electron chi connectivity index (χ0n) is 10.2. The van der Waals surface area contributed by atoms with Gasteiger partial charge >= 0.3 is 5.97 Å². The number of para-hydroxylation sites is 1. The number of benzene rings is 1. The van der Waals surface area contributed by atoms with Crippen LogP contribution < -0.4 is 4.74 Å². The monoisotopic (exact) mass is 265 g/mol. The van der Waals surface area contributed by atoms with Gasteiger partial charge in [0.15, 0.2) is 6.61 Å². The van der Waals surface area contributed by atoms with Gasteiger partial charge in [-0.15, -0.1) is 11.3 Å². The number of carboxylic acids is 1. The van der Waals surface area contributed by atoms with Crippen molar-refractivity contribution in [2.75, 3.05) is 6.61 Å². The maximum atomic E-state index is 10.5. The molecule has 0 amide bonds. The average Bonchev–Trinajstić information content (AvgIpc) is 2.76. The fourth-order valence-corrected chi connectivity index (χ4v) is 2.69. The number of ether oxygens (including phenoxy) is 1. The Morgan fingerprint density at radius 2 is 2.33 bits per heavy atom. The lowest BCUT2D eigenvalue weighted by molar-refractivity contribution is -0.139. The maximum absolute atomic E-state index is 10.5. The molecule has 1 aromatic heterocycles. The van der Waals surface area contributed by atoms with Crippen molar-refractivity contribution in [1.29, 1.82) is 0 Å². The van der Waals surface area contributed by atoms with E-state index in [9.17, 15) is 4.79 Å². The summed E-state index contributed by atoms with van der Waals surface area (Å²) < 4.78 is 6.29. The number of fused-ring (bicyclic) bond motifs is 1. The standard InChI is InChI=1S/C13H15NO3S/c1-2-3-7-11-14-13-9(17-8-12(15)16)5-4-6-10(13)18-11/h4-6H,2-3,7-8H2,1H3,(H,15,16). The number of hydrogen-bond acceptors (Lipinski definition) is 4. The minimum atomic E-state index is -0.978. The molecule has 0 radical (unpaired) electrons. The lowest BCUT2D eigenvalue weighted by Crippen LogP contribution is -2.09. The zero-order valence-corrected chi connectivity index (χ0v) is 11.0. The summed E-state index contributed by atoms with van der Waals surface area (Å²) in [6, 6.07) is 5.60. The van der Waals surface area contributed by atoms with Crippen molar-refractivity contribution in [2.24, 2.45) is 0 Å². The van der Waals surface area contributed by atoms with E-state index in [0.29, 0.717) is 5.75 Å². The predicted molar refractivity (Wildman–Crippen MR) is 71.4 cm³/mol. The van der Waals surface area contributed by atoms with Gasteiger partial charge in [-0.05, 0) is 25.0 Å². The summed E-state index contributed by atoms with van der Waals surface area (Å²) in [4.78, 5) is 15.0. The first-order chi connectivity index (χ1) is 8.70. The number of carboxylic acid groups (broad SMARTS) is 1. The third kappa shape index (κ3) is 2.98. The van der Waals surface area contributed by atoms with Crippen molar-refractivity contribution >= 4 is 27.5 Å². The second-order valence-corrected chi connectivity index (χ2v) is 5.11. The number of nitrogens with zero attached hydrogens (tertiary/aromatic N) is 1. The molecule has 18 heavy (non-hydrogen) atoms. The Bertz CT molecular complexity index is 550. The highest BCUT2D eigenvalue weighted by Gasteiger charge is 2.09. The van der Waals surface area contributed by atoms with E-state index in [2.05, 4.69) is 11.9 Å². The van der Waals surface area contributed by atoms with Gasteiger partial charge < -0.3 is 9.84 Å². The van der Waals surface area contributed by atoms with Gasteiger partial charge in [0.2, 0.25) is 0 Å². The molecule has 1 N–H and O–H groups in total. The van der Waals surface area contributed by atoms with Crippen LogP contribution in [-0.4, -0.2) is 22.7 Å². The Balaban J connectivity index is 2.24. The van der Waals surface area contributed by atoms with Crippen molar-refractivity contribution in [3.05, 3.63) is 23.2 Å². The van der Waals surface area contributed by atoms with Crippen LogP contribution in [0.5, 0.6) is 5.75 Å². The Kier molecular flexibility index (Phi) is 4.15. The highest BCUT2D eigenvalue weighted by atomic mass is 32.1. The minimum absolute atomic E-state index is 0.332. The lowest BCUT2D eigenvalue weighted by atomic mass is 10.2. The number of carbonyl (C=O) groups is 1. The summed E-state index contributed by atoms with van der Waals surface area (Å²) in [6.07, 6.45) is 3.22. The molecule has 0 fully saturated rings. The predicted octanol–water partition coefficient (Wildman–Crippen LogP) is 3.10. The zero-order chi connectivity index (χ0) is 13.0. The Morgan fingerprint density at radius 3 is 3.06 bits per heavy atom. The number of rotatable bonds is 6. The van der Waals surface area contributed by atoms with E-state index >= 15 is 0 Å². The van der Waals surface area contributed by atoms with Crippen LogP contribution in [-0.2, 0) is 11.2 Å². The Labute approximate surface area is 109 Å². The SMILES string of the molecule is CCCCc1nc2c(OCC(=O)O)cccc2s1. The van der Waals surface area contributed by atoms with Gasteiger partial charge in [-0.3, -0.25) is 0 Å². The van der Waals surface area contributed by atoms with E-state index in [-0.39, 0.29) is 6.61 Å². The first kappa shape index (κ1) is 12.8. The minimum Gasteiger partial charge on any atom is -0.480 e. The van der Waals surface area contributed by atoms with Gasteiger partial charge in [-0.2, -0.15) is 0 Å². The van der Waals surface area contributed by atoms with Crippen LogP contribution >= 0.6 is 11.3 Å². The van der Waals surface area contributed by atoms with Crippen LogP contribution in [0.15, 0.2) is 18.2 Å². The van der Waals surface area contributed by atoms with Gasteiger partial charge in [0.05, 0.1) is 9.71 Å². The first-order valence-electron chi connectivity index (χ1n) is 5.93. The van der Waals surface area contributed by atoms with Crippen LogP contribution in [0.1, 0.15) is 24.8 Å². The molecule has 0 saturated carbocycles. The molecule has 5 heteroatoms. The molecule has 0 atom stereocenters. The maximum Gasteiger partial charge on any atom is 0.341 e. The highest BCUT2D eigenvalue weighted by molar-refractivity contribution is 7.18. The fourth-order valence-electron chi connectivity index (χ4n) is 1.66. The largest absolute Gasteiger partial charge is 0.480 e. The summed E-state index contributed by atoms with van der Waals surface area (Å²) in [5.74, 6) is -0.428. The smallest absolute Gasteiger partial charge is 0.341 e. The van der Waals surface area contributed by atoms with E-state index in [0.717, 1.165) is 34.5 Å². The third-order valence-electron chi connectivity index (χ3n) is 2.52. The molecule has 0 aliphatic heterocycles. The van der Waals surface area contributed by atoms with Gasteiger partial charge in [0, 0.05) is 0 Å². The third-order valence-corrected chi connectivity index (χ3v) is 3.60. The quantitative estimate of drug-likeness (QED) is 0.871. The van der Waals surface area contributed by atoms with Crippen LogP contribution in [0.3, 0.4) is 0 Å². The summed E-state index contributed by atoms with van der Waals surface area (Å²) in [5, 5.41) is 9.71. The number of aryl methyl sites for hydroxylation is 1. The Morgan fingerprint density at radius 1 is 1.50 bits per heavy atom. The highest BCUT2D eigenvalue weighted by Crippen LogP contribution is 2.30. The van der Waals surface area contributed by atoms with E-state index < -0.39 is 5.97 Å². The van der Waals surface area contributed by atoms with Gasteiger partial charge in [0.25, 0.3) is 0 Å². The topological polar surface area (TPSA) is 59.4 Å². The number of thiazole rings is 1. The molecular formula is C13H15NO3S. The molecule has 1 heterocycles. The van der Waals surface area contributed by atoms with E-state index in [1.165, 1.54) is 0 Å². The summed E-state index contributed by atoms with van der Waals surface area (Å²) in [7, 11) is 0. The molecule has 2 rings (SSSR count). The number of hydrogen-bond donors (Lipinski definition) is 1. The molecule has 0 bridgehead atoms. The molecule has 1 aromatic carbocycles. The van der Waals surface area contributed by atoms with E-state index in [4.69, 9.17) is 9.84 Å². The number of aliphatic carboxylic acids is 1. The van der Waals surface area contributed by atoms with Gasteiger partial charge in [-0.1, -0.05) is 19.4 Å². The normalized spacial score (nSPS) is 10.7. The lowest BCUT2D eigenvalue weighted by Gasteiger charge is -2.02. The van der Waals surface area contributed by atoms with Crippen LogP contribution in [0.4, 0.5) is 0 Å². The summed E-state index contributed by atoms with van der Waals surface area (Å²) >= 11 is 1.65. The first-order valence-corrected chi connectivity index (χ1v) is 6.75. The van der Waals surface area contributed by atoms with Crippen molar-refractivity contribution in [3.63, 3.8) is 0 Å². The van der Waals surface area contributed by atoms with E-state index in [1.807, 2.05) is 12.1 Å². The van der Waals surface area contributed by atoms with Crippen molar-refractivity contribution < 1.29 is 14.6 Å². The molecule has 96 valence electrons. The van der Waals surface area contributed by atoms with Crippen LogP contribution in [0.25, 0.3) is 10.2 Å². The van der Waals surface area contributed by atoms with E-state index in [1.54, 1.807) is 17.4 Å². The van der Waals surface area contributed by atoms with Gasteiger partial charge in [-0.25, -0.2) is 9.78 Å². The van der Waals surface area contributed by atoms with Gasteiger partial charge in [0.1, 0.15) is 11.3 Å². The average molecular weight is 265 g/mol.